The molecule has 0 aliphatic heterocycles. The van der Waals surface area contributed by atoms with Crippen LogP contribution in [0.2, 0.25) is 0 Å². The number of carbonyl (C=O) groups excluding carboxylic acids is 1. The Labute approximate surface area is 184 Å². The standard InChI is InChI=1S/C24H23N3O3S/c1-17-5-3-7-21-23(17)25-16-26(24(21)29)13-12-22(28)27(15-20-6-4-14-31-20)18-8-10-19(30-2)11-9-18/h3-11,14,16H,12-13,15H2,1-2H3. The molecule has 31 heavy (non-hydrogen) atoms. The van der Waals surface area contributed by atoms with Crippen molar-refractivity contribution < 1.29 is 9.53 Å². The van der Waals surface area contributed by atoms with E-state index in [0.29, 0.717) is 17.4 Å². The highest BCUT2D eigenvalue weighted by Crippen LogP contribution is 2.23. The first-order valence-electron chi connectivity index (χ1n) is 9.98. The molecule has 6 nitrogen and oxygen atoms in total. The van der Waals surface area contributed by atoms with Gasteiger partial charge in [-0.25, -0.2) is 4.98 Å². The van der Waals surface area contributed by atoms with E-state index in [1.165, 1.54) is 10.9 Å². The van der Waals surface area contributed by atoms with Gasteiger partial charge in [0.05, 0.1) is 30.9 Å². The Morgan fingerprint density at radius 3 is 2.65 bits per heavy atom. The van der Waals surface area contributed by atoms with Crippen LogP contribution in [0.5, 0.6) is 5.75 Å². The summed E-state index contributed by atoms with van der Waals surface area (Å²) in [5.41, 5.74) is 2.32. The molecule has 0 saturated carbocycles. The lowest BCUT2D eigenvalue weighted by Gasteiger charge is -2.23. The number of amides is 1. The zero-order valence-electron chi connectivity index (χ0n) is 17.4. The van der Waals surface area contributed by atoms with Crippen molar-refractivity contribution in [3.63, 3.8) is 0 Å². The van der Waals surface area contributed by atoms with E-state index < -0.39 is 0 Å². The highest BCUT2D eigenvalue weighted by Gasteiger charge is 2.18. The predicted molar refractivity (Wildman–Crippen MR) is 124 cm³/mol. The molecule has 7 heteroatoms. The fourth-order valence-corrected chi connectivity index (χ4v) is 4.18. The van der Waals surface area contributed by atoms with Gasteiger partial charge in [-0.05, 0) is 54.3 Å². The Balaban J connectivity index is 1.56. The highest BCUT2D eigenvalue weighted by molar-refractivity contribution is 7.09. The maximum atomic E-state index is 13.2. The Kier molecular flexibility index (Phi) is 6.13. The van der Waals surface area contributed by atoms with Gasteiger partial charge in [0.15, 0.2) is 0 Å². The molecule has 0 aliphatic carbocycles. The maximum absolute atomic E-state index is 13.2. The largest absolute Gasteiger partial charge is 0.497 e. The van der Waals surface area contributed by atoms with Crippen molar-refractivity contribution in [3.8, 4) is 5.75 Å². The lowest BCUT2D eigenvalue weighted by Crippen LogP contribution is -2.32. The van der Waals surface area contributed by atoms with Crippen LogP contribution in [-0.4, -0.2) is 22.6 Å². The van der Waals surface area contributed by atoms with Gasteiger partial charge in [0.1, 0.15) is 5.75 Å². The Bertz CT molecular complexity index is 1250. The lowest BCUT2D eigenvalue weighted by molar-refractivity contribution is -0.119. The lowest BCUT2D eigenvalue weighted by atomic mass is 10.1. The monoisotopic (exact) mass is 433 g/mol. The molecule has 4 aromatic rings. The molecule has 2 heterocycles. The number of rotatable bonds is 7. The molecule has 0 N–H and O–H groups in total. The van der Waals surface area contributed by atoms with E-state index in [1.807, 2.05) is 60.8 Å². The first-order chi connectivity index (χ1) is 15.1. The molecule has 0 fully saturated rings. The van der Waals surface area contributed by atoms with Crippen LogP contribution in [0.25, 0.3) is 10.9 Å². The molecule has 4 rings (SSSR count). The van der Waals surface area contributed by atoms with Gasteiger partial charge >= 0.3 is 0 Å². The molecular weight excluding hydrogens is 410 g/mol. The summed E-state index contributed by atoms with van der Waals surface area (Å²) in [4.78, 5) is 33.3. The second-order valence-electron chi connectivity index (χ2n) is 7.22. The Hall–Kier alpha value is -3.45. The summed E-state index contributed by atoms with van der Waals surface area (Å²) < 4.78 is 6.74. The van der Waals surface area contributed by atoms with Crippen molar-refractivity contribution in [1.29, 1.82) is 0 Å². The average Bonchev–Trinajstić information content (AvgIpc) is 3.31. The molecule has 0 atom stereocenters. The van der Waals surface area contributed by atoms with Crippen LogP contribution in [0.4, 0.5) is 5.69 Å². The number of carbonyl (C=O) groups is 1. The third-order valence-electron chi connectivity index (χ3n) is 5.20. The molecule has 0 spiro atoms. The van der Waals surface area contributed by atoms with E-state index in [2.05, 4.69) is 4.98 Å². The minimum absolute atomic E-state index is 0.0604. The van der Waals surface area contributed by atoms with Gasteiger partial charge in [0.2, 0.25) is 5.91 Å². The van der Waals surface area contributed by atoms with Crippen LogP contribution in [0.3, 0.4) is 0 Å². The number of aryl methyl sites for hydroxylation is 2. The van der Waals surface area contributed by atoms with Gasteiger partial charge in [-0.15, -0.1) is 11.3 Å². The number of hydrogen-bond acceptors (Lipinski definition) is 5. The van der Waals surface area contributed by atoms with E-state index in [4.69, 9.17) is 4.74 Å². The third kappa shape index (κ3) is 4.51. The number of methoxy groups -OCH3 is 1. The second-order valence-corrected chi connectivity index (χ2v) is 8.25. The van der Waals surface area contributed by atoms with Gasteiger partial charge in [0, 0.05) is 23.5 Å². The molecule has 1 amide bonds. The van der Waals surface area contributed by atoms with E-state index in [9.17, 15) is 9.59 Å². The Morgan fingerprint density at radius 1 is 1.13 bits per heavy atom. The van der Waals surface area contributed by atoms with Crippen molar-refractivity contribution in [1.82, 2.24) is 9.55 Å². The predicted octanol–water partition coefficient (Wildman–Crippen LogP) is 4.40. The number of anilines is 1. The number of para-hydroxylation sites is 1. The normalized spacial score (nSPS) is 10.9. The minimum Gasteiger partial charge on any atom is -0.497 e. The number of aromatic nitrogens is 2. The van der Waals surface area contributed by atoms with Gasteiger partial charge in [-0.2, -0.15) is 0 Å². The molecule has 0 unspecified atom stereocenters. The van der Waals surface area contributed by atoms with Crippen LogP contribution >= 0.6 is 11.3 Å². The Morgan fingerprint density at radius 2 is 1.94 bits per heavy atom. The fourth-order valence-electron chi connectivity index (χ4n) is 3.49. The molecule has 2 aromatic carbocycles. The summed E-state index contributed by atoms with van der Waals surface area (Å²) in [6.07, 6.45) is 1.72. The topological polar surface area (TPSA) is 64.4 Å². The van der Waals surface area contributed by atoms with Crippen molar-refractivity contribution in [2.45, 2.75) is 26.4 Å². The zero-order chi connectivity index (χ0) is 21.8. The van der Waals surface area contributed by atoms with Gasteiger partial charge < -0.3 is 9.64 Å². The quantitative estimate of drug-likeness (QED) is 0.433. The maximum Gasteiger partial charge on any atom is 0.261 e. The first-order valence-corrected chi connectivity index (χ1v) is 10.9. The molecule has 0 radical (unpaired) electrons. The highest BCUT2D eigenvalue weighted by atomic mass is 32.1. The van der Waals surface area contributed by atoms with Crippen LogP contribution in [0.15, 0.2) is 71.1 Å². The molecule has 0 saturated heterocycles. The van der Waals surface area contributed by atoms with Crippen LogP contribution in [0, 0.1) is 6.92 Å². The summed E-state index contributed by atoms with van der Waals surface area (Å²) >= 11 is 1.61. The zero-order valence-corrected chi connectivity index (χ0v) is 18.3. The third-order valence-corrected chi connectivity index (χ3v) is 6.06. The van der Waals surface area contributed by atoms with Crippen molar-refractivity contribution in [2.24, 2.45) is 0 Å². The number of hydrogen-bond donors (Lipinski definition) is 0. The van der Waals surface area contributed by atoms with Gasteiger partial charge in [-0.3, -0.25) is 14.2 Å². The molecular formula is C24H23N3O3S. The summed E-state index contributed by atoms with van der Waals surface area (Å²) in [5, 5.41) is 2.56. The van der Waals surface area contributed by atoms with Gasteiger partial charge in [-0.1, -0.05) is 18.2 Å². The summed E-state index contributed by atoms with van der Waals surface area (Å²) in [6, 6.07) is 17.0. The smallest absolute Gasteiger partial charge is 0.261 e. The number of fused-ring (bicyclic) bond motifs is 1. The van der Waals surface area contributed by atoms with Crippen LogP contribution < -0.4 is 15.2 Å². The van der Waals surface area contributed by atoms with Crippen molar-refractivity contribution >= 4 is 33.8 Å². The van der Waals surface area contributed by atoms with Gasteiger partial charge in [0.25, 0.3) is 5.56 Å². The van der Waals surface area contributed by atoms with Crippen LogP contribution in [0.1, 0.15) is 16.9 Å². The number of benzene rings is 2. The first kappa shape index (κ1) is 20.8. The molecule has 0 bridgehead atoms. The summed E-state index contributed by atoms with van der Waals surface area (Å²) in [7, 11) is 1.61. The fraction of sp³-hybridized carbons (Fsp3) is 0.208. The van der Waals surface area contributed by atoms with Crippen molar-refractivity contribution in [3.05, 3.63) is 87.1 Å². The molecule has 0 aliphatic rings. The van der Waals surface area contributed by atoms with E-state index in [-0.39, 0.29) is 24.4 Å². The minimum atomic E-state index is -0.129. The van der Waals surface area contributed by atoms with Crippen LogP contribution in [-0.2, 0) is 17.9 Å². The second kappa shape index (κ2) is 9.14. The number of ether oxygens (including phenoxy) is 1. The van der Waals surface area contributed by atoms with Crippen molar-refractivity contribution in [2.75, 3.05) is 12.0 Å². The van der Waals surface area contributed by atoms with E-state index >= 15 is 0 Å². The summed E-state index contributed by atoms with van der Waals surface area (Å²) in [5.74, 6) is 0.672. The summed E-state index contributed by atoms with van der Waals surface area (Å²) in [6.45, 7) is 2.68. The van der Waals surface area contributed by atoms with E-state index in [0.717, 1.165) is 21.9 Å². The number of thiophene rings is 1. The number of nitrogens with zero attached hydrogens (tertiary/aromatic N) is 3. The SMILES string of the molecule is COc1ccc(N(Cc2cccs2)C(=O)CCn2cnc3c(C)cccc3c2=O)cc1. The van der Waals surface area contributed by atoms with E-state index in [1.54, 1.807) is 29.4 Å². The average molecular weight is 434 g/mol. The molecule has 2 aromatic heterocycles. The molecule has 158 valence electrons.